The lowest BCUT2D eigenvalue weighted by molar-refractivity contribution is 1.18. The second kappa shape index (κ2) is 17.6. The topological polar surface area (TPSA) is 77.3 Å². The van der Waals surface area contributed by atoms with Crippen molar-refractivity contribution in [1.82, 2.24) is 29.9 Å². The minimum absolute atomic E-state index is 0.664. The van der Waals surface area contributed by atoms with E-state index in [9.17, 15) is 0 Å². The van der Waals surface area contributed by atoms with Gasteiger partial charge in [0.2, 0.25) is 0 Å². The lowest BCUT2D eigenvalue weighted by Crippen LogP contribution is -1.96. The van der Waals surface area contributed by atoms with Gasteiger partial charge in [0, 0.05) is 67.7 Å². The number of hydrogen-bond donors (Lipinski definition) is 0. The van der Waals surface area contributed by atoms with Crippen molar-refractivity contribution in [3.63, 3.8) is 0 Å². The van der Waals surface area contributed by atoms with Gasteiger partial charge in [-0.15, -0.1) is 0 Å². The third-order valence-corrected chi connectivity index (χ3v) is 12.4. The van der Waals surface area contributed by atoms with Crippen molar-refractivity contribution in [2.45, 2.75) is 0 Å². The van der Waals surface area contributed by atoms with Crippen molar-refractivity contribution < 1.29 is 0 Å². The molecule has 318 valence electrons. The number of benzene rings is 8. The van der Waals surface area contributed by atoms with E-state index < -0.39 is 0 Å². The number of rotatable bonds is 9. The normalized spacial score (nSPS) is 11.2. The summed E-state index contributed by atoms with van der Waals surface area (Å²) in [7, 11) is 0. The fraction of sp³-hybridized carbons (Fsp3) is 0. The highest BCUT2D eigenvalue weighted by molar-refractivity contribution is 5.86. The molecule has 6 heteroatoms. The molecule has 0 amide bonds. The van der Waals surface area contributed by atoms with E-state index in [-0.39, 0.29) is 0 Å². The molecule has 0 aliphatic rings. The first-order valence-corrected chi connectivity index (χ1v) is 22.7. The average Bonchev–Trinajstić information content (AvgIpc) is 3.43. The summed E-state index contributed by atoms with van der Waals surface area (Å²) >= 11 is 0. The molecule has 0 spiro atoms. The van der Waals surface area contributed by atoms with E-state index in [1.807, 2.05) is 85.2 Å². The van der Waals surface area contributed by atoms with Gasteiger partial charge in [-0.25, -0.2) is 19.9 Å². The summed E-state index contributed by atoms with van der Waals surface area (Å²) < 4.78 is 0. The Hall–Kier alpha value is -9.26. The summed E-state index contributed by atoms with van der Waals surface area (Å²) in [6.45, 7) is 0. The molecule has 68 heavy (non-hydrogen) atoms. The summed E-state index contributed by atoms with van der Waals surface area (Å²) in [6, 6.07) is 79.5. The molecule has 12 aromatic rings. The first-order chi connectivity index (χ1) is 33.6. The number of aromatic nitrogens is 6. The van der Waals surface area contributed by atoms with E-state index in [2.05, 4.69) is 168 Å². The minimum atomic E-state index is 0.664. The van der Waals surface area contributed by atoms with Crippen molar-refractivity contribution in [2.75, 3.05) is 0 Å². The summed E-state index contributed by atoms with van der Waals surface area (Å²) in [5.74, 6) is 1.33. The Morgan fingerprint density at radius 3 is 0.853 bits per heavy atom. The zero-order valence-electron chi connectivity index (χ0n) is 36.8. The van der Waals surface area contributed by atoms with Crippen LogP contribution in [0.25, 0.3) is 123 Å². The molecule has 0 radical (unpaired) electrons. The third-order valence-electron chi connectivity index (χ3n) is 12.4. The first-order valence-electron chi connectivity index (χ1n) is 22.7. The van der Waals surface area contributed by atoms with Crippen LogP contribution in [0, 0.1) is 0 Å². The Kier molecular flexibility index (Phi) is 10.4. The average molecular weight is 869 g/mol. The molecule has 0 aliphatic heterocycles. The molecule has 0 atom stereocenters. The Bertz CT molecular complexity index is 3490. The summed E-state index contributed by atoms with van der Waals surface area (Å²) in [4.78, 5) is 29.8. The highest BCUT2D eigenvalue weighted by atomic mass is 14.9. The fourth-order valence-corrected chi connectivity index (χ4v) is 8.71. The molecule has 4 aromatic heterocycles. The lowest BCUT2D eigenvalue weighted by atomic mass is 10.0. The molecule has 4 heterocycles. The largest absolute Gasteiger partial charge is 0.256 e. The predicted octanol–water partition coefficient (Wildman–Crippen LogP) is 15.4. The van der Waals surface area contributed by atoms with Crippen LogP contribution in [0.2, 0.25) is 0 Å². The molecular weight excluding hydrogens is 829 g/mol. The molecule has 6 nitrogen and oxygen atoms in total. The predicted molar refractivity (Wildman–Crippen MR) is 277 cm³/mol. The van der Waals surface area contributed by atoms with Gasteiger partial charge in [-0.1, -0.05) is 194 Å². The van der Waals surface area contributed by atoms with E-state index >= 15 is 0 Å². The molecule has 0 fully saturated rings. The van der Waals surface area contributed by atoms with Crippen LogP contribution in [0.15, 0.2) is 243 Å². The van der Waals surface area contributed by atoms with Gasteiger partial charge in [-0.2, -0.15) is 0 Å². The van der Waals surface area contributed by atoms with Gasteiger partial charge in [-0.05, 0) is 58.7 Å². The van der Waals surface area contributed by atoms with Crippen LogP contribution in [0.4, 0.5) is 0 Å². The molecule has 0 saturated carbocycles. The molecular formula is C62H40N6. The fourth-order valence-electron chi connectivity index (χ4n) is 8.71. The van der Waals surface area contributed by atoms with Crippen LogP contribution in [-0.2, 0) is 0 Å². The highest BCUT2D eigenvalue weighted by Crippen LogP contribution is 2.34. The molecule has 0 unspecified atom stereocenters. The molecule has 0 bridgehead atoms. The van der Waals surface area contributed by atoms with Crippen LogP contribution in [-0.4, -0.2) is 29.9 Å². The zero-order chi connectivity index (χ0) is 45.2. The third kappa shape index (κ3) is 8.19. The number of pyridine rings is 2. The van der Waals surface area contributed by atoms with Crippen LogP contribution in [0.3, 0.4) is 0 Å². The lowest BCUT2D eigenvalue weighted by Gasteiger charge is -2.11. The Labute approximate surface area is 394 Å². The summed E-state index contributed by atoms with van der Waals surface area (Å²) in [5, 5.41) is 2.24. The van der Waals surface area contributed by atoms with E-state index in [0.29, 0.717) is 11.6 Å². The van der Waals surface area contributed by atoms with Gasteiger partial charge in [0.1, 0.15) is 0 Å². The van der Waals surface area contributed by atoms with Gasteiger partial charge in [0.25, 0.3) is 0 Å². The first kappa shape index (κ1) is 40.3. The van der Waals surface area contributed by atoms with Crippen molar-refractivity contribution in [1.29, 1.82) is 0 Å². The smallest absolute Gasteiger partial charge is 0.160 e. The van der Waals surface area contributed by atoms with Crippen molar-refractivity contribution >= 4 is 21.8 Å². The van der Waals surface area contributed by atoms with E-state index in [1.54, 1.807) is 0 Å². The maximum Gasteiger partial charge on any atom is 0.160 e. The van der Waals surface area contributed by atoms with Crippen LogP contribution >= 0.6 is 0 Å². The zero-order valence-corrected chi connectivity index (χ0v) is 36.8. The van der Waals surface area contributed by atoms with Crippen molar-refractivity contribution in [3.8, 4) is 101 Å². The van der Waals surface area contributed by atoms with E-state index in [0.717, 1.165) is 111 Å². The summed E-state index contributed by atoms with van der Waals surface area (Å²) in [5.41, 5.74) is 17.9. The van der Waals surface area contributed by atoms with Gasteiger partial charge >= 0.3 is 0 Å². The Balaban J connectivity index is 0.828. The second-order valence-corrected chi connectivity index (χ2v) is 16.8. The Morgan fingerprint density at radius 2 is 0.485 bits per heavy atom. The quantitative estimate of drug-likeness (QED) is 0.144. The van der Waals surface area contributed by atoms with E-state index in [4.69, 9.17) is 19.9 Å². The van der Waals surface area contributed by atoms with Crippen molar-refractivity contribution in [2.24, 2.45) is 0 Å². The number of fused-ring (bicyclic) bond motifs is 2. The van der Waals surface area contributed by atoms with Crippen molar-refractivity contribution in [3.05, 3.63) is 243 Å². The standard InChI is InChI=1S/C62H40N6/c1-3-11-45(12-4-1)57-37-59(47-27-19-43(20-28-47)53-35-51-15-7-9-17-55(51)63-39-53)67-61(65-57)49-31-23-41(24-32-49)42-25-33-50(34-26-42)62-66-58(46-13-5-2-6-14-46)38-60(68-62)48-29-21-44(22-30-48)54-36-52-16-8-10-18-56(52)64-40-54/h1-40H. The van der Waals surface area contributed by atoms with Crippen LogP contribution in [0.5, 0.6) is 0 Å². The highest BCUT2D eigenvalue weighted by Gasteiger charge is 2.14. The summed E-state index contributed by atoms with van der Waals surface area (Å²) in [6.07, 6.45) is 3.88. The number of hydrogen-bond acceptors (Lipinski definition) is 6. The number of para-hydroxylation sites is 2. The van der Waals surface area contributed by atoms with Gasteiger partial charge < -0.3 is 0 Å². The maximum absolute atomic E-state index is 5.14. The molecule has 8 aromatic carbocycles. The molecule has 0 saturated heterocycles. The Morgan fingerprint density at radius 1 is 0.206 bits per heavy atom. The van der Waals surface area contributed by atoms with E-state index in [1.165, 1.54) is 0 Å². The second-order valence-electron chi connectivity index (χ2n) is 16.8. The van der Waals surface area contributed by atoms with Crippen LogP contribution in [0.1, 0.15) is 0 Å². The molecule has 12 rings (SSSR count). The van der Waals surface area contributed by atoms with Gasteiger partial charge in [-0.3, -0.25) is 9.97 Å². The maximum atomic E-state index is 5.14. The molecule has 0 aliphatic carbocycles. The minimum Gasteiger partial charge on any atom is -0.256 e. The van der Waals surface area contributed by atoms with Crippen LogP contribution < -0.4 is 0 Å². The van der Waals surface area contributed by atoms with Gasteiger partial charge in [0.05, 0.1) is 33.8 Å². The monoisotopic (exact) mass is 868 g/mol. The molecule has 0 N–H and O–H groups in total. The van der Waals surface area contributed by atoms with Gasteiger partial charge in [0.15, 0.2) is 11.6 Å². The number of nitrogens with zero attached hydrogens (tertiary/aromatic N) is 6. The SMILES string of the molecule is c1ccc(-c2cc(-c3ccc(-c4cnc5ccccc5c4)cc3)nc(-c3ccc(-c4ccc(-c5nc(-c6ccccc6)cc(-c6ccc(-c7cnc8ccccc8c7)cc6)n5)cc4)cc3)n2)cc1.